The molecule has 0 heterocycles. The van der Waals surface area contributed by atoms with Gasteiger partial charge in [-0.05, 0) is 61.0 Å². The molecule has 0 bridgehead atoms. The van der Waals surface area contributed by atoms with Gasteiger partial charge in [0.25, 0.3) is 0 Å². The maximum absolute atomic E-state index is 5.61. The maximum Gasteiger partial charge on any atom is 0.119 e. The highest BCUT2D eigenvalue weighted by Crippen LogP contribution is 2.59. The third kappa shape index (κ3) is 4.80. The zero-order valence-electron chi connectivity index (χ0n) is 17.6. The van der Waals surface area contributed by atoms with Crippen LogP contribution in [-0.4, -0.2) is 7.11 Å². The Morgan fingerprint density at radius 1 is 0.710 bits per heavy atom. The average molecular weight is 556 g/mol. The van der Waals surface area contributed by atoms with Crippen LogP contribution in [-0.2, 0) is 6.16 Å². The summed E-state index contributed by atoms with van der Waals surface area (Å²) in [6.07, 6.45) is 0.920. The van der Waals surface area contributed by atoms with Crippen LogP contribution in [0.4, 0.5) is 0 Å². The van der Waals surface area contributed by atoms with Gasteiger partial charge in [-0.25, -0.2) is 0 Å². The number of aryl methyl sites for hydroxylation is 1. The molecule has 0 spiro atoms. The number of halogens is 2. The van der Waals surface area contributed by atoms with Crippen LogP contribution in [0.5, 0.6) is 5.75 Å². The van der Waals surface area contributed by atoms with Crippen molar-refractivity contribution in [2.75, 3.05) is 7.11 Å². The average Bonchev–Trinajstić information content (AvgIpc) is 2.81. The van der Waals surface area contributed by atoms with E-state index in [2.05, 4.69) is 126 Å². The highest BCUT2D eigenvalue weighted by atomic mass is 79.9. The van der Waals surface area contributed by atoms with Crippen LogP contribution < -0.4 is 37.6 Å². The van der Waals surface area contributed by atoms with Crippen LogP contribution in [0.2, 0.25) is 0 Å². The van der Waals surface area contributed by atoms with Gasteiger partial charge in [-0.1, -0.05) is 70.5 Å². The van der Waals surface area contributed by atoms with Crippen LogP contribution in [0.3, 0.4) is 0 Å². The number of benzene rings is 4. The fraction of sp³-hybridized carbons (Fsp3) is 0.111. The molecule has 0 atom stereocenters. The molecule has 31 heavy (non-hydrogen) atoms. The van der Waals surface area contributed by atoms with E-state index >= 15 is 0 Å². The predicted octanol–water partition coefficient (Wildman–Crippen LogP) is 3.26. The van der Waals surface area contributed by atoms with Crippen LogP contribution in [0.1, 0.15) is 11.1 Å². The molecule has 1 nitrogen and oxygen atoms in total. The Morgan fingerprint density at radius 2 is 1.13 bits per heavy atom. The summed E-state index contributed by atoms with van der Waals surface area (Å²) in [5.41, 5.74) is 2.47. The van der Waals surface area contributed by atoms with Crippen molar-refractivity contribution < 1.29 is 21.7 Å². The van der Waals surface area contributed by atoms with E-state index in [9.17, 15) is 0 Å². The Labute approximate surface area is 204 Å². The van der Waals surface area contributed by atoms with Gasteiger partial charge in [-0.2, -0.15) is 0 Å². The first-order chi connectivity index (χ1) is 14.6. The summed E-state index contributed by atoms with van der Waals surface area (Å²) in [5, 5.41) is 4.15. The molecular weight excluding hydrogens is 531 g/mol. The van der Waals surface area contributed by atoms with Gasteiger partial charge < -0.3 is 21.7 Å². The lowest BCUT2D eigenvalue weighted by Gasteiger charge is -2.28. The van der Waals surface area contributed by atoms with Gasteiger partial charge in [-0.3, -0.25) is 0 Å². The second-order valence-electron chi connectivity index (χ2n) is 7.39. The lowest BCUT2D eigenvalue weighted by Crippen LogP contribution is -3.00. The molecular formula is C27H25Br2OP. The first kappa shape index (κ1) is 23.7. The summed E-state index contributed by atoms with van der Waals surface area (Å²) >= 11 is 3.88. The van der Waals surface area contributed by atoms with E-state index in [0.29, 0.717) is 0 Å². The molecule has 0 aromatic heterocycles. The standard InChI is InChI=1S/C27H25BrOP.BrH/c1-21-18-23(29-2)19-22(27(21)28)20-30(24-12-6-3-7-13-24,25-14-8-4-9-15-25)26-16-10-5-11-17-26;/h3-19H,20H2,1-2H3;1H/q+1;/p-1. The minimum absolute atomic E-state index is 0. The Kier molecular flexibility index (Phi) is 8.11. The molecule has 4 aromatic carbocycles. The quantitative estimate of drug-likeness (QED) is 0.332. The van der Waals surface area contributed by atoms with Gasteiger partial charge in [0.15, 0.2) is 0 Å². The molecule has 0 fully saturated rings. The number of ether oxygens (including phenoxy) is 1. The summed E-state index contributed by atoms with van der Waals surface area (Å²) in [7, 11) is -0.201. The lowest BCUT2D eigenvalue weighted by atomic mass is 10.1. The molecule has 0 saturated carbocycles. The smallest absolute Gasteiger partial charge is 0.119 e. The molecule has 4 aromatic rings. The van der Waals surface area contributed by atoms with E-state index in [1.54, 1.807) is 7.11 Å². The van der Waals surface area contributed by atoms with Crippen molar-refractivity contribution in [3.05, 3.63) is 119 Å². The molecule has 158 valence electrons. The summed E-state index contributed by atoms with van der Waals surface area (Å²) < 4.78 is 6.78. The van der Waals surface area contributed by atoms with E-state index in [0.717, 1.165) is 16.4 Å². The van der Waals surface area contributed by atoms with Gasteiger partial charge in [0.05, 0.1) is 13.3 Å². The topological polar surface area (TPSA) is 9.23 Å². The Balaban J connectivity index is 0.00000272. The number of hydrogen-bond acceptors (Lipinski definition) is 1. The second-order valence-corrected chi connectivity index (χ2v) is 11.7. The first-order valence-corrected chi connectivity index (χ1v) is 12.8. The monoisotopic (exact) mass is 554 g/mol. The first-order valence-electron chi connectivity index (χ1n) is 10.0. The fourth-order valence-electron chi connectivity index (χ4n) is 4.06. The van der Waals surface area contributed by atoms with Gasteiger partial charge in [0.2, 0.25) is 0 Å². The maximum atomic E-state index is 5.61. The zero-order valence-corrected chi connectivity index (χ0v) is 21.7. The molecule has 4 heteroatoms. The third-order valence-corrected chi connectivity index (χ3v) is 11.0. The van der Waals surface area contributed by atoms with Crippen molar-refractivity contribution in [1.82, 2.24) is 0 Å². The summed E-state index contributed by atoms with van der Waals surface area (Å²) in [4.78, 5) is 0. The van der Waals surface area contributed by atoms with E-state index in [-0.39, 0.29) is 17.0 Å². The molecule has 0 aliphatic carbocycles. The largest absolute Gasteiger partial charge is 1.00 e. The van der Waals surface area contributed by atoms with E-state index < -0.39 is 7.26 Å². The van der Waals surface area contributed by atoms with Crippen LogP contribution in [0.25, 0.3) is 0 Å². The van der Waals surface area contributed by atoms with Gasteiger partial charge in [0.1, 0.15) is 28.9 Å². The van der Waals surface area contributed by atoms with Crippen molar-refractivity contribution >= 4 is 39.1 Å². The highest BCUT2D eigenvalue weighted by molar-refractivity contribution is 9.10. The minimum atomic E-state index is -1.94. The summed E-state index contributed by atoms with van der Waals surface area (Å²) in [5.74, 6) is 0.901. The van der Waals surface area contributed by atoms with Crippen LogP contribution in [0, 0.1) is 6.92 Å². The van der Waals surface area contributed by atoms with Crippen molar-refractivity contribution in [2.45, 2.75) is 13.1 Å². The number of rotatable bonds is 6. The zero-order chi connectivity index (χ0) is 21.0. The Bertz CT molecular complexity index is 1020. The molecule has 0 aliphatic rings. The predicted molar refractivity (Wildman–Crippen MR) is 134 cm³/mol. The van der Waals surface area contributed by atoms with Crippen molar-refractivity contribution in [3.8, 4) is 5.75 Å². The molecule has 0 saturated heterocycles. The van der Waals surface area contributed by atoms with E-state index in [4.69, 9.17) is 4.74 Å². The Hall–Kier alpha value is -1.93. The normalized spacial score (nSPS) is 10.9. The lowest BCUT2D eigenvalue weighted by molar-refractivity contribution is -0.00000618. The van der Waals surface area contributed by atoms with Crippen molar-refractivity contribution in [2.24, 2.45) is 0 Å². The van der Waals surface area contributed by atoms with Gasteiger partial charge >= 0.3 is 0 Å². The molecule has 0 unspecified atom stereocenters. The highest BCUT2D eigenvalue weighted by Gasteiger charge is 2.45. The Morgan fingerprint density at radius 3 is 1.52 bits per heavy atom. The second kappa shape index (κ2) is 10.6. The number of hydrogen-bond donors (Lipinski definition) is 0. The molecule has 0 radical (unpaired) electrons. The van der Waals surface area contributed by atoms with Crippen LogP contribution >= 0.6 is 23.2 Å². The molecule has 4 rings (SSSR count). The van der Waals surface area contributed by atoms with E-state index in [1.807, 2.05) is 0 Å². The van der Waals surface area contributed by atoms with Crippen molar-refractivity contribution in [3.63, 3.8) is 0 Å². The molecule has 0 amide bonds. The SMILES string of the molecule is COc1cc(C)c(Br)c(C[P+](c2ccccc2)(c2ccccc2)c2ccccc2)c1.[Br-]. The van der Waals surface area contributed by atoms with E-state index in [1.165, 1.54) is 27.0 Å². The number of methoxy groups -OCH3 is 1. The van der Waals surface area contributed by atoms with Crippen molar-refractivity contribution in [1.29, 1.82) is 0 Å². The third-order valence-electron chi connectivity index (χ3n) is 5.54. The van der Waals surface area contributed by atoms with Crippen LogP contribution in [0.15, 0.2) is 108 Å². The molecule has 0 N–H and O–H groups in total. The fourth-order valence-corrected chi connectivity index (χ4v) is 8.90. The molecule has 0 aliphatic heterocycles. The van der Waals surface area contributed by atoms with Gasteiger partial charge in [0, 0.05) is 10.0 Å². The summed E-state index contributed by atoms with van der Waals surface area (Å²) in [6.45, 7) is 2.13. The van der Waals surface area contributed by atoms with Gasteiger partial charge in [-0.15, -0.1) is 0 Å². The summed E-state index contributed by atoms with van der Waals surface area (Å²) in [6, 6.07) is 37.2. The minimum Gasteiger partial charge on any atom is -1.00 e.